The van der Waals surface area contributed by atoms with E-state index in [-0.39, 0.29) is 12.1 Å². The Morgan fingerprint density at radius 1 is 1.17 bits per heavy atom. The lowest BCUT2D eigenvalue weighted by Crippen LogP contribution is -2.42. The van der Waals surface area contributed by atoms with E-state index in [1.807, 2.05) is 62.7 Å². The quantitative estimate of drug-likeness (QED) is 0.478. The van der Waals surface area contributed by atoms with Crippen molar-refractivity contribution in [1.82, 2.24) is 29.2 Å². The normalized spacial score (nSPS) is 16.3. The molecule has 0 saturated carbocycles. The number of aryl methyl sites for hydroxylation is 1. The zero-order chi connectivity index (χ0) is 24.9. The Balaban J connectivity index is 1.35. The van der Waals surface area contributed by atoms with Gasteiger partial charge < -0.3 is 24.7 Å². The van der Waals surface area contributed by atoms with Crippen LogP contribution in [0, 0.1) is 6.92 Å². The molecule has 5 rings (SSSR count). The van der Waals surface area contributed by atoms with Gasteiger partial charge in [-0.2, -0.15) is 0 Å². The molecule has 35 heavy (non-hydrogen) atoms. The number of carbonyl (C=O) groups is 1. The summed E-state index contributed by atoms with van der Waals surface area (Å²) in [5.74, 6) is 1.42. The number of aromatic nitrogens is 5. The predicted molar refractivity (Wildman–Crippen MR) is 135 cm³/mol. The Morgan fingerprint density at radius 2 is 1.97 bits per heavy atom. The van der Waals surface area contributed by atoms with Gasteiger partial charge in [0, 0.05) is 38.1 Å². The average molecular weight is 475 g/mol. The molecule has 1 amide bonds. The molecule has 4 aromatic rings. The average Bonchev–Trinajstić information content (AvgIpc) is 3.43. The number of hydrogen-bond acceptors (Lipinski definition) is 8. The van der Waals surface area contributed by atoms with E-state index < -0.39 is 5.60 Å². The topological polar surface area (TPSA) is 115 Å². The largest absolute Gasteiger partial charge is 0.444 e. The molecular formula is C25H30N8O2. The Kier molecular flexibility index (Phi) is 5.46. The van der Waals surface area contributed by atoms with Gasteiger partial charge in [0.2, 0.25) is 0 Å². The van der Waals surface area contributed by atoms with E-state index in [9.17, 15) is 4.79 Å². The molecule has 2 N–H and O–H groups in total. The van der Waals surface area contributed by atoms with Crippen LogP contribution in [0.25, 0.3) is 28.1 Å². The fourth-order valence-corrected chi connectivity index (χ4v) is 4.35. The van der Waals surface area contributed by atoms with Crippen molar-refractivity contribution in [3.63, 3.8) is 0 Å². The molecule has 0 aromatic carbocycles. The first kappa shape index (κ1) is 22.8. The van der Waals surface area contributed by atoms with Gasteiger partial charge in [-0.05, 0) is 52.3 Å². The lowest BCUT2D eigenvalue weighted by atomic mass is 10.2. The van der Waals surface area contributed by atoms with Crippen LogP contribution in [-0.4, -0.2) is 67.1 Å². The Morgan fingerprint density at radius 3 is 2.74 bits per heavy atom. The summed E-state index contributed by atoms with van der Waals surface area (Å²) in [6.45, 7) is 9.05. The number of nitrogen functional groups attached to an aromatic ring is 1. The van der Waals surface area contributed by atoms with Gasteiger partial charge in [-0.15, -0.1) is 0 Å². The number of nitrogens with zero attached hydrogens (tertiary/aromatic N) is 7. The number of rotatable bonds is 3. The van der Waals surface area contributed by atoms with Crippen LogP contribution in [-0.2, 0) is 4.74 Å². The van der Waals surface area contributed by atoms with Gasteiger partial charge in [0.15, 0.2) is 11.5 Å². The smallest absolute Gasteiger partial charge is 0.410 e. The van der Waals surface area contributed by atoms with Crippen molar-refractivity contribution >= 4 is 34.3 Å². The van der Waals surface area contributed by atoms with Gasteiger partial charge in [0.25, 0.3) is 0 Å². The van der Waals surface area contributed by atoms with E-state index in [1.54, 1.807) is 18.1 Å². The number of amides is 1. The third-order valence-electron chi connectivity index (χ3n) is 6.10. The lowest BCUT2D eigenvalue weighted by Gasteiger charge is -2.28. The van der Waals surface area contributed by atoms with Crippen LogP contribution in [0.3, 0.4) is 0 Å². The Hall–Kier alpha value is -3.95. The molecule has 0 spiro atoms. The highest BCUT2D eigenvalue weighted by atomic mass is 16.6. The second kappa shape index (κ2) is 8.37. The molecule has 1 aliphatic rings. The number of hydrogen-bond donors (Lipinski definition) is 1. The van der Waals surface area contributed by atoms with Crippen molar-refractivity contribution in [2.24, 2.45) is 0 Å². The molecule has 1 atom stereocenters. The summed E-state index contributed by atoms with van der Waals surface area (Å²) in [4.78, 5) is 34.8. The number of carbonyl (C=O) groups excluding carboxylic acids is 1. The fourth-order valence-electron chi connectivity index (χ4n) is 4.35. The molecule has 5 heterocycles. The first-order chi connectivity index (χ1) is 16.6. The molecule has 1 saturated heterocycles. The second-order valence-electron chi connectivity index (χ2n) is 10.0. The third-order valence-corrected chi connectivity index (χ3v) is 6.10. The van der Waals surface area contributed by atoms with Crippen molar-refractivity contribution in [3.8, 4) is 11.4 Å². The minimum Gasteiger partial charge on any atom is -0.444 e. The number of likely N-dealkylation sites (N-methyl/N-ethyl adjacent to an activating group) is 1. The third kappa shape index (κ3) is 4.55. The molecule has 0 bridgehead atoms. The molecule has 1 unspecified atom stereocenters. The highest BCUT2D eigenvalue weighted by Gasteiger charge is 2.31. The molecule has 10 nitrogen and oxygen atoms in total. The minimum atomic E-state index is -0.516. The van der Waals surface area contributed by atoms with Crippen LogP contribution in [0.1, 0.15) is 32.9 Å². The summed E-state index contributed by atoms with van der Waals surface area (Å²) in [5.41, 5.74) is 10.2. The van der Waals surface area contributed by atoms with Crippen molar-refractivity contribution in [2.75, 3.05) is 30.8 Å². The molecule has 0 aliphatic carbocycles. The van der Waals surface area contributed by atoms with Crippen molar-refractivity contribution in [3.05, 3.63) is 42.5 Å². The van der Waals surface area contributed by atoms with E-state index >= 15 is 0 Å². The monoisotopic (exact) mass is 474 g/mol. The highest BCUT2D eigenvalue weighted by molar-refractivity contribution is 5.79. The van der Waals surface area contributed by atoms with Crippen molar-refractivity contribution < 1.29 is 9.53 Å². The fraction of sp³-hybridized carbons (Fsp3) is 0.400. The van der Waals surface area contributed by atoms with Crippen LogP contribution >= 0.6 is 0 Å². The zero-order valence-electron chi connectivity index (χ0n) is 20.7. The number of fused-ring (bicyclic) bond motifs is 2. The number of imidazole rings is 1. The number of anilines is 2. The maximum Gasteiger partial charge on any atom is 0.410 e. The molecule has 1 aliphatic heterocycles. The first-order valence-electron chi connectivity index (χ1n) is 11.7. The van der Waals surface area contributed by atoms with Crippen LogP contribution in [0.15, 0.2) is 36.8 Å². The number of ether oxygens (including phenoxy) is 1. The molecule has 182 valence electrons. The maximum absolute atomic E-state index is 12.4. The van der Waals surface area contributed by atoms with Gasteiger partial charge in [0.05, 0.1) is 29.1 Å². The summed E-state index contributed by atoms with van der Waals surface area (Å²) in [7, 11) is 1.79. The van der Waals surface area contributed by atoms with E-state index in [2.05, 4.69) is 14.9 Å². The van der Waals surface area contributed by atoms with Gasteiger partial charge in [-0.3, -0.25) is 0 Å². The van der Waals surface area contributed by atoms with Gasteiger partial charge in [-0.25, -0.2) is 24.7 Å². The summed E-state index contributed by atoms with van der Waals surface area (Å²) >= 11 is 0. The van der Waals surface area contributed by atoms with E-state index in [4.69, 9.17) is 20.4 Å². The van der Waals surface area contributed by atoms with Gasteiger partial charge in [0.1, 0.15) is 16.9 Å². The summed E-state index contributed by atoms with van der Waals surface area (Å²) in [5, 5.41) is 0. The molecule has 1 fully saturated rings. The Labute approximate surface area is 203 Å². The summed E-state index contributed by atoms with van der Waals surface area (Å²) in [6.07, 6.45) is 6.14. The number of nitrogens with two attached hydrogens (primary N) is 1. The van der Waals surface area contributed by atoms with Crippen LogP contribution in [0.4, 0.5) is 16.3 Å². The number of pyridine rings is 2. The van der Waals surface area contributed by atoms with E-state index in [1.165, 1.54) is 0 Å². The molecule has 10 heteroatoms. The van der Waals surface area contributed by atoms with Crippen LogP contribution in [0.5, 0.6) is 0 Å². The Bertz CT molecular complexity index is 1420. The standard InChI is InChI=1S/C25H30N8O2/c1-15-12-33-13-16(10-18(26)23(33)28-15)22-27-11-20-19(30-22)6-7-21(29-20)32-9-8-17(14-32)31(5)24(34)35-25(2,3)4/h6-7,10-13,17H,8-9,14,26H2,1-5H3. The highest BCUT2D eigenvalue weighted by Crippen LogP contribution is 2.26. The van der Waals surface area contributed by atoms with Crippen LogP contribution < -0.4 is 10.6 Å². The molecule has 4 aromatic heterocycles. The van der Waals surface area contributed by atoms with Gasteiger partial charge in [-0.1, -0.05) is 0 Å². The first-order valence-corrected chi connectivity index (χ1v) is 11.7. The van der Waals surface area contributed by atoms with E-state index in [0.717, 1.165) is 41.2 Å². The van der Waals surface area contributed by atoms with Crippen LogP contribution in [0.2, 0.25) is 0 Å². The van der Waals surface area contributed by atoms with E-state index in [0.29, 0.717) is 23.6 Å². The maximum atomic E-state index is 12.4. The van der Waals surface area contributed by atoms with Crippen molar-refractivity contribution in [1.29, 1.82) is 0 Å². The lowest BCUT2D eigenvalue weighted by molar-refractivity contribution is 0.0238. The van der Waals surface area contributed by atoms with Gasteiger partial charge >= 0.3 is 6.09 Å². The summed E-state index contributed by atoms with van der Waals surface area (Å²) < 4.78 is 7.41. The molecular weight excluding hydrogens is 444 g/mol. The predicted octanol–water partition coefficient (Wildman–Crippen LogP) is 3.68. The minimum absolute atomic E-state index is 0.0631. The van der Waals surface area contributed by atoms with Crippen molar-refractivity contribution in [2.45, 2.75) is 45.8 Å². The zero-order valence-corrected chi connectivity index (χ0v) is 20.7. The SMILES string of the molecule is Cc1cn2cc(-c3ncc4nc(N5CCC(N(C)C(=O)OC(C)(C)C)C5)ccc4n3)cc(N)c2n1. The summed E-state index contributed by atoms with van der Waals surface area (Å²) in [6, 6.07) is 5.83. The second-order valence-corrected chi connectivity index (χ2v) is 10.0. The molecule has 0 radical (unpaired) electrons.